The van der Waals surface area contributed by atoms with Crippen molar-refractivity contribution in [2.45, 2.75) is 13.2 Å². The number of hydrogen-bond donors (Lipinski definition) is 0. The topological polar surface area (TPSA) is 85.0 Å². The summed E-state index contributed by atoms with van der Waals surface area (Å²) in [6.07, 6.45) is -0.794. The fourth-order valence-electron chi connectivity index (χ4n) is 2.29. The Hall–Kier alpha value is -2.64. The average Bonchev–Trinajstić information content (AvgIpc) is 3.03. The van der Waals surface area contributed by atoms with Gasteiger partial charge in [0.15, 0.2) is 0 Å². The molecule has 2 aromatic rings. The lowest BCUT2D eigenvalue weighted by Gasteiger charge is -2.19. The molecule has 0 saturated heterocycles. The third kappa shape index (κ3) is 3.42. The molecule has 0 fully saturated rings. The summed E-state index contributed by atoms with van der Waals surface area (Å²) in [5.41, 5.74) is 1.07. The van der Waals surface area contributed by atoms with Crippen molar-refractivity contribution < 1.29 is 14.5 Å². The summed E-state index contributed by atoms with van der Waals surface area (Å²) in [7, 11) is 0. The van der Waals surface area contributed by atoms with E-state index in [4.69, 9.17) is 27.9 Å². The van der Waals surface area contributed by atoms with Crippen LogP contribution in [0.15, 0.2) is 47.6 Å². The lowest BCUT2D eigenvalue weighted by Crippen LogP contribution is -2.25. The molecule has 0 bridgehead atoms. The van der Waals surface area contributed by atoms with Gasteiger partial charge >= 0.3 is 0 Å². The van der Waals surface area contributed by atoms with Gasteiger partial charge in [-0.3, -0.25) is 14.9 Å². The first-order chi connectivity index (χ1) is 11.9. The number of hydrogen-bond acceptors (Lipinski definition) is 5. The SMILES string of the molecule is CC(=O)N1N=C(c2ccc([N+](=O)[O-])cc2)O[C@@H]1c1ccc(Cl)c(Cl)c1. The lowest BCUT2D eigenvalue weighted by molar-refractivity contribution is -0.384. The van der Waals surface area contributed by atoms with Crippen LogP contribution < -0.4 is 0 Å². The standard InChI is InChI=1S/C16H11Cl2N3O4/c1-9(22)20-16(11-4-7-13(17)14(18)8-11)25-15(19-20)10-2-5-12(6-3-10)21(23)24/h2-8,16H,1H3/t16-/m1/s1. The van der Waals surface area contributed by atoms with E-state index < -0.39 is 11.2 Å². The van der Waals surface area contributed by atoms with E-state index in [0.717, 1.165) is 0 Å². The van der Waals surface area contributed by atoms with E-state index in [9.17, 15) is 14.9 Å². The number of halogens is 2. The maximum absolute atomic E-state index is 11.9. The zero-order valence-electron chi connectivity index (χ0n) is 12.8. The lowest BCUT2D eigenvalue weighted by atomic mass is 10.2. The first-order valence-corrected chi connectivity index (χ1v) is 7.87. The summed E-state index contributed by atoms with van der Waals surface area (Å²) in [5.74, 6) is -0.144. The molecule has 0 saturated carbocycles. The molecular formula is C16H11Cl2N3O4. The number of nitro groups is 1. The zero-order chi connectivity index (χ0) is 18.1. The zero-order valence-corrected chi connectivity index (χ0v) is 14.4. The quantitative estimate of drug-likeness (QED) is 0.592. The summed E-state index contributed by atoms with van der Waals surface area (Å²) < 4.78 is 5.79. The van der Waals surface area contributed by atoms with Crippen LogP contribution in [0.3, 0.4) is 0 Å². The van der Waals surface area contributed by atoms with Gasteiger partial charge in [-0.1, -0.05) is 29.3 Å². The third-order valence-electron chi connectivity index (χ3n) is 3.52. The van der Waals surface area contributed by atoms with Crippen LogP contribution in [-0.2, 0) is 9.53 Å². The van der Waals surface area contributed by atoms with Crippen molar-refractivity contribution in [3.05, 3.63) is 73.8 Å². The molecule has 1 aliphatic heterocycles. The number of nitrogens with zero attached hydrogens (tertiary/aromatic N) is 3. The summed E-state index contributed by atoms with van der Waals surface area (Å²) in [6, 6.07) is 10.6. The van der Waals surface area contributed by atoms with Crippen molar-refractivity contribution in [2.24, 2.45) is 5.10 Å². The number of benzene rings is 2. The molecule has 0 radical (unpaired) electrons. The highest BCUT2D eigenvalue weighted by Gasteiger charge is 2.33. The van der Waals surface area contributed by atoms with E-state index in [-0.39, 0.29) is 17.5 Å². The van der Waals surface area contributed by atoms with Crippen molar-refractivity contribution in [3.63, 3.8) is 0 Å². The molecule has 0 aliphatic carbocycles. The second-order valence-electron chi connectivity index (χ2n) is 5.22. The van der Waals surface area contributed by atoms with Gasteiger partial charge in [0.1, 0.15) is 0 Å². The molecular weight excluding hydrogens is 369 g/mol. The molecule has 2 aromatic carbocycles. The second kappa shape index (κ2) is 6.70. The highest BCUT2D eigenvalue weighted by Crippen LogP contribution is 2.33. The van der Waals surface area contributed by atoms with E-state index in [1.807, 2.05) is 0 Å². The Morgan fingerprint density at radius 2 is 1.88 bits per heavy atom. The number of non-ortho nitro benzene ring substituents is 1. The van der Waals surface area contributed by atoms with Crippen LogP contribution in [0.5, 0.6) is 0 Å². The minimum Gasteiger partial charge on any atom is -0.446 e. The molecule has 0 spiro atoms. The smallest absolute Gasteiger partial charge is 0.269 e. The van der Waals surface area contributed by atoms with E-state index in [1.54, 1.807) is 18.2 Å². The van der Waals surface area contributed by atoms with Crippen LogP contribution >= 0.6 is 23.2 Å². The van der Waals surface area contributed by atoms with Gasteiger partial charge in [-0.15, -0.1) is 5.10 Å². The van der Waals surface area contributed by atoms with Crippen LogP contribution in [0.25, 0.3) is 0 Å². The van der Waals surface area contributed by atoms with Gasteiger partial charge in [-0.05, 0) is 24.3 Å². The van der Waals surface area contributed by atoms with Gasteiger partial charge in [0.2, 0.25) is 18.0 Å². The third-order valence-corrected chi connectivity index (χ3v) is 4.26. The summed E-state index contributed by atoms with van der Waals surface area (Å²) in [6.45, 7) is 1.36. The monoisotopic (exact) mass is 379 g/mol. The molecule has 1 atom stereocenters. The van der Waals surface area contributed by atoms with Gasteiger partial charge in [-0.2, -0.15) is 5.01 Å². The molecule has 1 heterocycles. The molecule has 1 aliphatic rings. The normalized spacial score (nSPS) is 16.4. The van der Waals surface area contributed by atoms with Gasteiger partial charge in [0.05, 0.1) is 15.0 Å². The maximum Gasteiger partial charge on any atom is 0.269 e. The largest absolute Gasteiger partial charge is 0.446 e. The molecule has 25 heavy (non-hydrogen) atoms. The Kier molecular flexibility index (Phi) is 4.61. The predicted molar refractivity (Wildman–Crippen MR) is 92.4 cm³/mol. The molecule has 9 heteroatoms. The highest BCUT2D eigenvalue weighted by molar-refractivity contribution is 6.42. The summed E-state index contributed by atoms with van der Waals surface area (Å²) in [5, 5.41) is 16.8. The van der Waals surface area contributed by atoms with Gasteiger partial charge in [0, 0.05) is 30.2 Å². The van der Waals surface area contributed by atoms with Gasteiger partial charge in [-0.25, -0.2) is 0 Å². The molecule has 0 aromatic heterocycles. The van der Waals surface area contributed by atoms with Crippen LogP contribution in [0.1, 0.15) is 24.3 Å². The van der Waals surface area contributed by atoms with E-state index >= 15 is 0 Å². The second-order valence-corrected chi connectivity index (χ2v) is 6.03. The predicted octanol–water partition coefficient (Wildman–Crippen LogP) is 4.14. The van der Waals surface area contributed by atoms with Crippen molar-refractivity contribution in [1.82, 2.24) is 5.01 Å². The molecule has 7 nitrogen and oxygen atoms in total. The van der Waals surface area contributed by atoms with Crippen molar-refractivity contribution in [3.8, 4) is 0 Å². The summed E-state index contributed by atoms with van der Waals surface area (Å²) >= 11 is 11.9. The molecule has 1 amide bonds. The maximum atomic E-state index is 11.9. The first-order valence-electron chi connectivity index (χ1n) is 7.11. The van der Waals surface area contributed by atoms with Crippen molar-refractivity contribution in [2.75, 3.05) is 0 Å². The number of nitro benzene ring substituents is 1. The number of carbonyl (C=O) groups excluding carboxylic acids is 1. The number of rotatable bonds is 3. The number of hydrazone groups is 1. The molecule has 0 N–H and O–H groups in total. The summed E-state index contributed by atoms with van der Waals surface area (Å²) in [4.78, 5) is 22.1. The van der Waals surface area contributed by atoms with Crippen LogP contribution in [-0.4, -0.2) is 21.7 Å². The van der Waals surface area contributed by atoms with Crippen LogP contribution in [0.2, 0.25) is 10.0 Å². The van der Waals surface area contributed by atoms with Crippen molar-refractivity contribution in [1.29, 1.82) is 0 Å². The fourth-order valence-corrected chi connectivity index (χ4v) is 2.60. The van der Waals surface area contributed by atoms with E-state index in [2.05, 4.69) is 5.10 Å². The van der Waals surface area contributed by atoms with E-state index in [0.29, 0.717) is 21.2 Å². The highest BCUT2D eigenvalue weighted by atomic mass is 35.5. The average molecular weight is 380 g/mol. The fraction of sp³-hybridized carbons (Fsp3) is 0.125. The van der Waals surface area contributed by atoms with Gasteiger partial charge in [0.25, 0.3) is 5.69 Å². The first kappa shape index (κ1) is 17.2. The Morgan fingerprint density at radius 3 is 2.44 bits per heavy atom. The minimum atomic E-state index is -0.794. The Bertz CT molecular complexity index is 883. The molecule has 3 rings (SSSR count). The Morgan fingerprint density at radius 1 is 1.20 bits per heavy atom. The molecule has 128 valence electrons. The van der Waals surface area contributed by atoms with Crippen LogP contribution in [0.4, 0.5) is 5.69 Å². The number of ether oxygens (including phenoxy) is 1. The molecule has 0 unspecified atom stereocenters. The van der Waals surface area contributed by atoms with Crippen LogP contribution in [0, 0.1) is 10.1 Å². The minimum absolute atomic E-state index is 0.0493. The van der Waals surface area contributed by atoms with E-state index in [1.165, 1.54) is 36.2 Å². The van der Waals surface area contributed by atoms with Gasteiger partial charge < -0.3 is 4.74 Å². The van der Waals surface area contributed by atoms with Crippen molar-refractivity contribution >= 4 is 40.7 Å². The Balaban J connectivity index is 1.92. The number of amides is 1. The Labute approximate surface area is 152 Å². The number of carbonyl (C=O) groups is 1.